The molecule has 4 rings (SSSR count). The fourth-order valence-electron chi connectivity index (χ4n) is 3.19. The Morgan fingerprint density at radius 1 is 1.00 bits per heavy atom. The highest BCUT2D eigenvalue weighted by atomic mass is 16.1. The van der Waals surface area contributed by atoms with Gasteiger partial charge in [0, 0.05) is 12.6 Å². The van der Waals surface area contributed by atoms with E-state index in [1.165, 1.54) is 4.57 Å². The Hall–Kier alpha value is -3.72. The van der Waals surface area contributed by atoms with Crippen molar-refractivity contribution in [2.75, 3.05) is 0 Å². The van der Waals surface area contributed by atoms with Crippen LogP contribution < -0.4 is 5.69 Å². The van der Waals surface area contributed by atoms with Crippen molar-refractivity contribution in [1.82, 2.24) is 19.1 Å². The number of benzene rings is 2. The summed E-state index contributed by atoms with van der Waals surface area (Å²) in [5.41, 5.74) is 4.39. The van der Waals surface area contributed by atoms with E-state index in [0.717, 1.165) is 22.4 Å². The minimum absolute atomic E-state index is 0.183. The van der Waals surface area contributed by atoms with E-state index in [1.807, 2.05) is 62.4 Å². The highest BCUT2D eigenvalue weighted by Gasteiger charge is 2.20. The molecule has 132 valence electrons. The van der Waals surface area contributed by atoms with Crippen molar-refractivity contribution < 1.29 is 0 Å². The Morgan fingerprint density at radius 3 is 2.37 bits per heavy atom. The van der Waals surface area contributed by atoms with Crippen LogP contribution in [0.2, 0.25) is 0 Å². The summed E-state index contributed by atoms with van der Waals surface area (Å²) in [6.45, 7) is 3.94. The van der Waals surface area contributed by atoms with Crippen LogP contribution in [0.1, 0.15) is 16.8 Å². The van der Waals surface area contributed by atoms with Crippen LogP contribution in [0, 0.1) is 25.2 Å². The first-order chi connectivity index (χ1) is 13.0. The van der Waals surface area contributed by atoms with Gasteiger partial charge in [-0.3, -0.25) is 4.57 Å². The Labute approximate surface area is 156 Å². The first-order valence-corrected chi connectivity index (χ1v) is 8.54. The van der Waals surface area contributed by atoms with Crippen molar-refractivity contribution in [2.24, 2.45) is 7.05 Å². The number of rotatable bonds is 2. The number of nitrogens with zero attached hydrogens (tertiary/aromatic N) is 5. The van der Waals surface area contributed by atoms with E-state index in [0.29, 0.717) is 17.0 Å². The van der Waals surface area contributed by atoms with Crippen molar-refractivity contribution in [2.45, 2.75) is 13.8 Å². The molecule has 2 heterocycles. The lowest BCUT2D eigenvalue weighted by molar-refractivity contribution is 0.841. The minimum atomic E-state index is -0.258. The minimum Gasteiger partial charge on any atom is -0.291 e. The number of hydrogen-bond acceptors (Lipinski definition) is 4. The van der Waals surface area contributed by atoms with E-state index in [-0.39, 0.29) is 11.4 Å². The maximum absolute atomic E-state index is 13.0. The number of aromatic nitrogens is 4. The molecular weight excluding hydrogens is 338 g/mol. The monoisotopic (exact) mass is 355 g/mol. The Kier molecular flexibility index (Phi) is 3.85. The van der Waals surface area contributed by atoms with Gasteiger partial charge in [0.25, 0.3) is 0 Å². The molecule has 0 saturated carbocycles. The van der Waals surface area contributed by atoms with Crippen LogP contribution in [0.15, 0.2) is 53.3 Å². The highest BCUT2D eigenvalue weighted by molar-refractivity contribution is 5.81. The second kappa shape index (κ2) is 6.22. The van der Waals surface area contributed by atoms with Crippen LogP contribution in [0.25, 0.3) is 28.2 Å². The average Bonchev–Trinajstić information content (AvgIpc) is 2.93. The fraction of sp³-hybridized carbons (Fsp3) is 0.143. The van der Waals surface area contributed by atoms with Crippen LogP contribution in [0.5, 0.6) is 0 Å². The van der Waals surface area contributed by atoms with Crippen LogP contribution >= 0.6 is 0 Å². The van der Waals surface area contributed by atoms with E-state index in [2.05, 4.69) is 16.0 Å². The lowest BCUT2D eigenvalue weighted by Gasteiger charge is -2.07. The molecule has 27 heavy (non-hydrogen) atoms. The maximum Gasteiger partial charge on any atom is 0.334 e. The van der Waals surface area contributed by atoms with E-state index in [9.17, 15) is 10.1 Å². The summed E-state index contributed by atoms with van der Waals surface area (Å²) in [7, 11) is 1.63. The van der Waals surface area contributed by atoms with Gasteiger partial charge in [-0.2, -0.15) is 5.26 Å². The van der Waals surface area contributed by atoms with Crippen molar-refractivity contribution in [3.63, 3.8) is 0 Å². The van der Waals surface area contributed by atoms with Gasteiger partial charge in [0.05, 0.1) is 5.69 Å². The summed E-state index contributed by atoms with van der Waals surface area (Å²) in [6.07, 6.45) is 0. The largest absolute Gasteiger partial charge is 0.334 e. The van der Waals surface area contributed by atoms with Crippen LogP contribution in [-0.4, -0.2) is 19.1 Å². The fourth-order valence-corrected chi connectivity index (χ4v) is 3.19. The molecule has 0 unspecified atom stereocenters. The van der Waals surface area contributed by atoms with Gasteiger partial charge in [0.15, 0.2) is 17.2 Å². The molecule has 0 aliphatic carbocycles. The van der Waals surface area contributed by atoms with Crippen LogP contribution in [0.3, 0.4) is 0 Å². The standard InChI is InChI=1S/C21H17N5O/c1-13-8-10-15(11-9-13)19-23-16(12-22)18-20(24-19)26(21(27)25(18)3)17-7-5-4-6-14(17)2/h4-11H,1-3H3. The second-order valence-electron chi connectivity index (χ2n) is 6.51. The quantitative estimate of drug-likeness (QED) is 0.553. The molecular formula is C21H17N5O. The smallest absolute Gasteiger partial charge is 0.291 e. The summed E-state index contributed by atoms with van der Waals surface area (Å²) in [5.74, 6) is 0.423. The van der Waals surface area contributed by atoms with E-state index >= 15 is 0 Å². The van der Waals surface area contributed by atoms with Crippen molar-refractivity contribution in [1.29, 1.82) is 5.26 Å². The molecule has 0 fully saturated rings. The van der Waals surface area contributed by atoms with Gasteiger partial charge in [-0.1, -0.05) is 48.0 Å². The zero-order chi connectivity index (χ0) is 19.1. The first-order valence-electron chi connectivity index (χ1n) is 8.54. The van der Waals surface area contributed by atoms with Crippen molar-refractivity contribution >= 4 is 11.2 Å². The molecule has 0 bridgehead atoms. The molecule has 0 aliphatic heterocycles. The topological polar surface area (TPSA) is 76.5 Å². The SMILES string of the molecule is Cc1ccc(-c2nc(C#N)c3c(n2)n(-c2ccccc2C)c(=O)n3C)cc1. The number of nitriles is 1. The van der Waals surface area contributed by atoms with E-state index in [4.69, 9.17) is 0 Å². The molecule has 0 saturated heterocycles. The number of aryl methyl sites for hydroxylation is 3. The molecule has 0 spiro atoms. The maximum atomic E-state index is 13.0. The van der Waals surface area contributed by atoms with Gasteiger partial charge in [-0.15, -0.1) is 0 Å². The normalized spacial score (nSPS) is 10.9. The van der Waals surface area contributed by atoms with Gasteiger partial charge in [-0.25, -0.2) is 19.3 Å². The molecule has 0 atom stereocenters. The Balaban J connectivity index is 2.11. The molecule has 2 aromatic heterocycles. The number of fused-ring (bicyclic) bond motifs is 1. The van der Waals surface area contributed by atoms with Crippen LogP contribution in [0.4, 0.5) is 0 Å². The zero-order valence-electron chi connectivity index (χ0n) is 15.3. The summed E-state index contributed by atoms with van der Waals surface area (Å²) in [6, 6.07) is 17.5. The summed E-state index contributed by atoms with van der Waals surface area (Å²) >= 11 is 0. The predicted molar refractivity (Wildman–Crippen MR) is 104 cm³/mol. The third kappa shape index (κ3) is 2.61. The second-order valence-corrected chi connectivity index (χ2v) is 6.51. The molecule has 0 amide bonds. The first kappa shape index (κ1) is 16.7. The van der Waals surface area contributed by atoms with E-state index < -0.39 is 0 Å². The molecule has 2 aromatic carbocycles. The number of imidazole rings is 1. The molecule has 4 aromatic rings. The van der Waals surface area contributed by atoms with Gasteiger partial charge in [-0.05, 0) is 25.5 Å². The van der Waals surface area contributed by atoms with Gasteiger partial charge in [0.1, 0.15) is 11.6 Å². The van der Waals surface area contributed by atoms with Crippen LogP contribution in [-0.2, 0) is 7.05 Å². The summed E-state index contributed by atoms with van der Waals surface area (Å²) in [4.78, 5) is 22.0. The van der Waals surface area contributed by atoms with Gasteiger partial charge in [0.2, 0.25) is 0 Å². The van der Waals surface area contributed by atoms with Gasteiger partial charge >= 0.3 is 5.69 Å². The number of hydrogen-bond donors (Lipinski definition) is 0. The molecule has 0 radical (unpaired) electrons. The lowest BCUT2D eigenvalue weighted by Crippen LogP contribution is -2.21. The number of para-hydroxylation sites is 1. The van der Waals surface area contributed by atoms with Crippen molar-refractivity contribution in [3.05, 3.63) is 75.8 Å². The molecule has 0 aliphatic rings. The summed E-state index contributed by atoms with van der Waals surface area (Å²) in [5, 5.41) is 9.64. The Morgan fingerprint density at radius 2 is 1.70 bits per heavy atom. The van der Waals surface area contributed by atoms with E-state index in [1.54, 1.807) is 11.6 Å². The molecule has 6 heteroatoms. The molecule has 0 N–H and O–H groups in total. The predicted octanol–water partition coefficient (Wildman–Crippen LogP) is 3.27. The Bertz CT molecular complexity index is 1270. The third-order valence-electron chi connectivity index (χ3n) is 4.66. The lowest BCUT2D eigenvalue weighted by atomic mass is 10.1. The average molecular weight is 355 g/mol. The van der Waals surface area contributed by atoms with Gasteiger partial charge < -0.3 is 0 Å². The highest BCUT2D eigenvalue weighted by Crippen LogP contribution is 2.24. The zero-order valence-corrected chi connectivity index (χ0v) is 15.3. The van der Waals surface area contributed by atoms with Crippen molar-refractivity contribution in [3.8, 4) is 23.1 Å². The third-order valence-corrected chi connectivity index (χ3v) is 4.66. The summed E-state index contributed by atoms with van der Waals surface area (Å²) < 4.78 is 2.98. The molecule has 6 nitrogen and oxygen atoms in total.